The van der Waals surface area contributed by atoms with Crippen molar-refractivity contribution in [2.75, 3.05) is 5.32 Å². The molecule has 0 unspecified atom stereocenters. The van der Waals surface area contributed by atoms with Gasteiger partial charge in [-0.3, -0.25) is 9.78 Å². The van der Waals surface area contributed by atoms with E-state index in [1.54, 1.807) is 6.20 Å². The van der Waals surface area contributed by atoms with Crippen LogP contribution in [0.25, 0.3) is 11.1 Å². The molecule has 0 bridgehead atoms. The van der Waals surface area contributed by atoms with E-state index in [9.17, 15) is 4.79 Å². The van der Waals surface area contributed by atoms with Crippen molar-refractivity contribution in [1.82, 2.24) is 4.98 Å². The Hall–Kier alpha value is -2.40. The minimum absolute atomic E-state index is 0.0738. The van der Waals surface area contributed by atoms with Crippen molar-refractivity contribution in [2.24, 2.45) is 11.7 Å². The lowest BCUT2D eigenvalue weighted by atomic mass is 9.95. The molecule has 5 nitrogen and oxygen atoms in total. The number of aromatic nitrogens is 1. The van der Waals surface area contributed by atoms with E-state index in [2.05, 4.69) is 10.3 Å². The van der Waals surface area contributed by atoms with Crippen LogP contribution in [-0.4, -0.2) is 16.9 Å². The molecule has 126 valence electrons. The van der Waals surface area contributed by atoms with Crippen LogP contribution in [-0.2, 0) is 4.79 Å². The standard InChI is InChI=1S/C19H23N3O2/c1-11(2)8-17(20)19(23)22-13-4-5-15-14-6-7-21-10-16(14)12(3)24-18(15)9-13/h4-7,9-12,17H,8,20H2,1-3H3,(H,22,23)/t12-,17-/m0/s1. The number of pyridine rings is 1. The van der Waals surface area contributed by atoms with Crippen LogP contribution in [0.5, 0.6) is 5.75 Å². The number of ether oxygens (including phenoxy) is 1. The van der Waals surface area contributed by atoms with Gasteiger partial charge in [-0.15, -0.1) is 0 Å². The number of nitrogens with one attached hydrogen (secondary N) is 1. The summed E-state index contributed by atoms with van der Waals surface area (Å²) >= 11 is 0. The summed E-state index contributed by atoms with van der Waals surface area (Å²) in [6, 6.07) is 7.18. The number of hydrogen-bond acceptors (Lipinski definition) is 4. The van der Waals surface area contributed by atoms with Crippen molar-refractivity contribution in [2.45, 2.75) is 39.3 Å². The number of nitrogens with zero attached hydrogens (tertiary/aromatic N) is 1. The molecular weight excluding hydrogens is 302 g/mol. The summed E-state index contributed by atoms with van der Waals surface area (Å²) in [5.74, 6) is 0.970. The number of carbonyl (C=O) groups excluding carboxylic acids is 1. The molecular formula is C19H23N3O2. The third-order valence-electron chi connectivity index (χ3n) is 4.20. The van der Waals surface area contributed by atoms with E-state index in [1.165, 1.54) is 0 Å². The summed E-state index contributed by atoms with van der Waals surface area (Å²) < 4.78 is 5.98. The van der Waals surface area contributed by atoms with Crippen LogP contribution in [0.3, 0.4) is 0 Å². The zero-order valence-corrected chi connectivity index (χ0v) is 14.2. The molecule has 24 heavy (non-hydrogen) atoms. The number of carbonyl (C=O) groups is 1. The van der Waals surface area contributed by atoms with Crippen LogP contribution in [0, 0.1) is 5.92 Å². The van der Waals surface area contributed by atoms with Gasteiger partial charge in [0.05, 0.1) is 6.04 Å². The monoisotopic (exact) mass is 325 g/mol. The maximum atomic E-state index is 12.2. The summed E-state index contributed by atoms with van der Waals surface area (Å²) in [5.41, 5.74) is 9.83. The molecule has 2 heterocycles. The third-order valence-corrected chi connectivity index (χ3v) is 4.20. The maximum Gasteiger partial charge on any atom is 0.241 e. The molecule has 0 saturated carbocycles. The van der Waals surface area contributed by atoms with Crippen LogP contribution in [0.1, 0.15) is 38.9 Å². The molecule has 1 aromatic heterocycles. The van der Waals surface area contributed by atoms with Crippen molar-refractivity contribution < 1.29 is 9.53 Å². The van der Waals surface area contributed by atoms with Gasteiger partial charge in [-0.25, -0.2) is 0 Å². The number of amides is 1. The fourth-order valence-electron chi connectivity index (χ4n) is 3.00. The molecule has 0 aliphatic carbocycles. The lowest BCUT2D eigenvalue weighted by Crippen LogP contribution is -2.36. The quantitative estimate of drug-likeness (QED) is 0.902. The highest BCUT2D eigenvalue weighted by Gasteiger charge is 2.23. The Morgan fingerprint density at radius 3 is 2.88 bits per heavy atom. The van der Waals surface area contributed by atoms with E-state index < -0.39 is 6.04 Å². The molecule has 2 aromatic rings. The first kappa shape index (κ1) is 16.5. The van der Waals surface area contributed by atoms with Crippen LogP contribution in [0.2, 0.25) is 0 Å². The van der Waals surface area contributed by atoms with Gasteiger partial charge in [-0.2, -0.15) is 0 Å². The molecule has 3 rings (SSSR count). The number of hydrogen-bond donors (Lipinski definition) is 2. The minimum Gasteiger partial charge on any atom is -0.485 e. The second-order valence-electron chi connectivity index (χ2n) is 6.66. The lowest BCUT2D eigenvalue weighted by molar-refractivity contribution is -0.117. The van der Waals surface area contributed by atoms with Crippen LogP contribution < -0.4 is 15.8 Å². The number of nitrogens with two attached hydrogens (primary N) is 1. The SMILES string of the molecule is CC(C)C[C@H](N)C(=O)Nc1ccc2c(c1)O[C@@H](C)c1cnccc1-2. The summed E-state index contributed by atoms with van der Waals surface area (Å²) in [5, 5.41) is 2.88. The Balaban J connectivity index is 1.83. The zero-order valence-electron chi connectivity index (χ0n) is 14.2. The van der Waals surface area contributed by atoms with E-state index in [1.807, 2.05) is 51.2 Å². The maximum absolute atomic E-state index is 12.2. The summed E-state index contributed by atoms with van der Waals surface area (Å²) in [6.07, 6.45) is 4.20. The van der Waals surface area contributed by atoms with Gasteiger partial charge >= 0.3 is 0 Å². The molecule has 0 fully saturated rings. The van der Waals surface area contributed by atoms with Gasteiger partial charge < -0.3 is 15.8 Å². The van der Waals surface area contributed by atoms with Crippen molar-refractivity contribution in [1.29, 1.82) is 0 Å². The number of benzene rings is 1. The normalized spacial score (nSPS) is 16.8. The Bertz CT molecular complexity index is 758. The number of fused-ring (bicyclic) bond motifs is 3. The number of rotatable bonds is 4. The summed E-state index contributed by atoms with van der Waals surface area (Å²) in [4.78, 5) is 16.4. The summed E-state index contributed by atoms with van der Waals surface area (Å²) in [6.45, 7) is 6.09. The van der Waals surface area contributed by atoms with E-state index in [4.69, 9.17) is 10.5 Å². The third kappa shape index (κ3) is 3.26. The Labute approximate surface area is 142 Å². The fraction of sp³-hybridized carbons (Fsp3) is 0.368. The minimum atomic E-state index is -0.507. The van der Waals surface area contributed by atoms with E-state index in [0.717, 1.165) is 22.4 Å². The molecule has 1 aliphatic heterocycles. The first-order chi connectivity index (χ1) is 11.5. The molecule has 1 aliphatic rings. The first-order valence-corrected chi connectivity index (χ1v) is 8.27. The Morgan fingerprint density at radius 1 is 1.33 bits per heavy atom. The summed E-state index contributed by atoms with van der Waals surface area (Å²) in [7, 11) is 0. The smallest absolute Gasteiger partial charge is 0.241 e. The van der Waals surface area contributed by atoms with Crippen molar-refractivity contribution in [3.63, 3.8) is 0 Å². The molecule has 2 atom stereocenters. The molecule has 0 radical (unpaired) electrons. The topological polar surface area (TPSA) is 77.2 Å². The van der Waals surface area contributed by atoms with Crippen molar-refractivity contribution in [3.8, 4) is 16.9 Å². The zero-order chi connectivity index (χ0) is 17.3. The van der Waals surface area contributed by atoms with E-state index in [0.29, 0.717) is 18.0 Å². The van der Waals surface area contributed by atoms with E-state index >= 15 is 0 Å². The first-order valence-electron chi connectivity index (χ1n) is 8.27. The molecule has 3 N–H and O–H groups in total. The van der Waals surface area contributed by atoms with Gasteiger partial charge in [-0.05, 0) is 43.0 Å². The fourth-order valence-corrected chi connectivity index (χ4v) is 3.00. The Morgan fingerprint density at radius 2 is 2.12 bits per heavy atom. The van der Waals surface area contributed by atoms with Gasteiger partial charge in [0.25, 0.3) is 0 Å². The van der Waals surface area contributed by atoms with Gasteiger partial charge in [0.1, 0.15) is 11.9 Å². The average molecular weight is 325 g/mol. The van der Waals surface area contributed by atoms with Crippen molar-refractivity contribution >= 4 is 11.6 Å². The van der Waals surface area contributed by atoms with Crippen molar-refractivity contribution in [3.05, 3.63) is 42.2 Å². The molecule has 0 spiro atoms. The highest BCUT2D eigenvalue weighted by Crippen LogP contribution is 2.42. The van der Waals surface area contributed by atoms with E-state index in [-0.39, 0.29) is 12.0 Å². The second-order valence-corrected chi connectivity index (χ2v) is 6.66. The number of anilines is 1. The van der Waals surface area contributed by atoms with Gasteiger partial charge in [0, 0.05) is 35.3 Å². The largest absolute Gasteiger partial charge is 0.485 e. The Kier molecular flexibility index (Phi) is 4.53. The average Bonchev–Trinajstić information content (AvgIpc) is 2.54. The predicted molar refractivity (Wildman–Crippen MR) is 94.8 cm³/mol. The second kappa shape index (κ2) is 6.61. The molecule has 1 amide bonds. The molecule has 5 heteroatoms. The molecule has 0 saturated heterocycles. The molecule has 1 aromatic carbocycles. The van der Waals surface area contributed by atoms with Gasteiger partial charge in [-0.1, -0.05) is 13.8 Å². The van der Waals surface area contributed by atoms with Crippen LogP contribution in [0.4, 0.5) is 5.69 Å². The highest BCUT2D eigenvalue weighted by molar-refractivity contribution is 5.95. The lowest BCUT2D eigenvalue weighted by Gasteiger charge is -2.26. The predicted octanol–water partition coefficient (Wildman–Crippen LogP) is 3.51. The van der Waals surface area contributed by atoms with Gasteiger partial charge in [0.15, 0.2) is 0 Å². The van der Waals surface area contributed by atoms with Gasteiger partial charge in [0.2, 0.25) is 5.91 Å². The van der Waals surface area contributed by atoms with Crippen LogP contribution >= 0.6 is 0 Å². The highest BCUT2D eigenvalue weighted by atomic mass is 16.5. The van der Waals surface area contributed by atoms with Crippen LogP contribution in [0.15, 0.2) is 36.7 Å².